The van der Waals surface area contributed by atoms with Gasteiger partial charge in [0.2, 0.25) is 5.91 Å². The van der Waals surface area contributed by atoms with E-state index in [1.54, 1.807) is 25.2 Å². The maximum atomic E-state index is 13.3. The Hall–Kier alpha value is -4.19. The maximum Gasteiger partial charge on any atom is 0.416 e. The largest absolute Gasteiger partial charge is 0.416 e. The van der Waals surface area contributed by atoms with Crippen LogP contribution in [0.5, 0.6) is 0 Å². The number of anilines is 4. The minimum Gasteiger partial charge on any atom is -0.378 e. The van der Waals surface area contributed by atoms with Crippen LogP contribution in [0.2, 0.25) is 0 Å². The standard InChI is InChI=1S/C25H23F3N6O3/c1-32-19-9-8-18(16-4-2-5-17(14-16)25(26,27)28)29-23(19)34(15-22(32)35)24(36)31-20-6-3-7-21(30-20)33-10-12-37-13-11-33/h2-9,14H,10-13,15H2,1H3,(H,30,31,36). The van der Waals surface area contributed by atoms with Crippen LogP contribution in [-0.2, 0) is 15.7 Å². The molecule has 0 radical (unpaired) electrons. The van der Waals surface area contributed by atoms with Crippen LogP contribution in [-0.4, -0.2) is 61.8 Å². The highest BCUT2D eigenvalue weighted by molar-refractivity contribution is 6.12. The molecule has 12 heteroatoms. The zero-order valence-corrected chi connectivity index (χ0v) is 19.8. The van der Waals surface area contributed by atoms with E-state index in [0.29, 0.717) is 37.8 Å². The van der Waals surface area contributed by atoms with E-state index in [4.69, 9.17) is 4.74 Å². The number of fused-ring (bicyclic) bond motifs is 1. The Labute approximate surface area is 210 Å². The third kappa shape index (κ3) is 5.05. The van der Waals surface area contributed by atoms with Gasteiger partial charge >= 0.3 is 12.2 Å². The number of morpholine rings is 1. The van der Waals surface area contributed by atoms with Gasteiger partial charge in [0.1, 0.15) is 18.2 Å². The Kier molecular flexibility index (Phi) is 6.42. The molecule has 0 saturated carbocycles. The van der Waals surface area contributed by atoms with Crippen LogP contribution in [0.1, 0.15) is 5.56 Å². The van der Waals surface area contributed by atoms with Gasteiger partial charge in [-0.2, -0.15) is 13.2 Å². The predicted molar refractivity (Wildman–Crippen MR) is 132 cm³/mol. The number of aromatic nitrogens is 2. The normalized spacial score (nSPS) is 16.0. The van der Waals surface area contributed by atoms with Gasteiger partial charge in [0.25, 0.3) is 0 Å². The van der Waals surface area contributed by atoms with Crippen LogP contribution >= 0.6 is 0 Å². The molecule has 0 unspecified atom stereocenters. The summed E-state index contributed by atoms with van der Waals surface area (Å²) < 4.78 is 45.1. The molecule has 2 aliphatic rings. The highest BCUT2D eigenvalue weighted by atomic mass is 19.4. The maximum absolute atomic E-state index is 13.3. The molecule has 0 aliphatic carbocycles. The lowest BCUT2D eigenvalue weighted by atomic mass is 10.1. The van der Waals surface area contributed by atoms with Gasteiger partial charge in [-0.05, 0) is 36.4 Å². The molecule has 0 bridgehead atoms. The number of amides is 3. The highest BCUT2D eigenvalue weighted by Crippen LogP contribution is 2.36. The lowest BCUT2D eigenvalue weighted by Gasteiger charge is -2.33. The number of ether oxygens (including phenoxy) is 1. The molecule has 1 fully saturated rings. The van der Waals surface area contributed by atoms with Crippen molar-refractivity contribution in [1.29, 1.82) is 0 Å². The molecule has 2 aromatic heterocycles. The molecule has 3 aromatic rings. The first-order chi connectivity index (χ1) is 17.7. The lowest BCUT2D eigenvalue weighted by molar-refractivity contribution is -0.137. The van der Waals surface area contributed by atoms with Crippen molar-refractivity contribution < 1.29 is 27.5 Å². The molecule has 5 rings (SSSR count). The van der Waals surface area contributed by atoms with Crippen molar-refractivity contribution in [3.8, 4) is 11.3 Å². The van der Waals surface area contributed by atoms with E-state index < -0.39 is 17.8 Å². The van der Waals surface area contributed by atoms with Gasteiger partial charge in [-0.25, -0.2) is 14.8 Å². The molecule has 37 heavy (non-hydrogen) atoms. The van der Waals surface area contributed by atoms with E-state index in [1.165, 1.54) is 23.1 Å². The summed E-state index contributed by atoms with van der Waals surface area (Å²) in [7, 11) is 1.55. The first-order valence-electron chi connectivity index (χ1n) is 11.5. The Bertz CT molecular complexity index is 1340. The summed E-state index contributed by atoms with van der Waals surface area (Å²) in [5, 5.41) is 2.71. The summed E-state index contributed by atoms with van der Waals surface area (Å²) in [5.74, 6) is 0.780. The number of hydrogen-bond donors (Lipinski definition) is 1. The van der Waals surface area contributed by atoms with Crippen LogP contribution in [0.4, 0.5) is 41.1 Å². The number of pyridine rings is 2. The SMILES string of the molecule is CN1C(=O)CN(C(=O)Nc2cccc(N3CCOCC3)n2)c2nc(-c3cccc(C(F)(F)F)c3)ccc21. The Morgan fingerprint density at radius 1 is 1.03 bits per heavy atom. The number of carbonyl (C=O) groups is 2. The van der Waals surface area contributed by atoms with Crippen LogP contribution < -0.4 is 20.0 Å². The molecule has 1 aromatic carbocycles. The molecular formula is C25H23F3N6O3. The number of nitrogens with one attached hydrogen (secondary N) is 1. The van der Waals surface area contributed by atoms with E-state index in [9.17, 15) is 22.8 Å². The number of hydrogen-bond acceptors (Lipinski definition) is 6. The first kappa shape index (κ1) is 24.5. The molecule has 192 valence electrons. The minimum atomic E-state index is -4.51. The average Bonchev–Trinajstić information content (AvgIpc) is 2.90. The quantitative estimate of drug-likeness (QED) is 0.570. The van der Waals surface area contributed by atoms with E-state index in [0.717, 1.165) is 17.0 Å². The van der Waals surface area contributed by atoms with Crippen molar-refractivity contribution in [2.45, 2.75) is 6.18 Å². The second-order valence-electron chi connectivity index (χ2n) is 8.57. The molecular weight excluding hydrogens is 489 g/mol. The summed E-state index contributed by atoms with van der Waals surface area (Å²) in [6.45, 7) is 2.22. The van der Waals surface area contributed by atoms with Crippen LogP contribution in [0, 0.1) is 0 Å². The number of nitrogens with zero attached hydrogens (tertiary/aromatic N) is 5. The molecule has 1 saturated heterocycles. The van der Waals surface area contributed by atoms with Crippen molar-refractivity contribution in [1.82, 2.24) is 9.97 Å². The monoisotopic (exact) mass is 512 g/mol. The average molecular weight is 512 g/mol. The lowest BCUT2D eigenvalue weighted by Crippen LogP contribution is -2.48. The minimum absolute atomic E-state index is 0.152. The van der Waals surface area contributed by atoms with Gasteiger partial charge in [0, 0.05) is 25.7 Å². The van der Waals surface area contributed by atoms with Crippen LogP contribution in [0.25, 0.3) is 11.3 Å². The fourth-order valence-electron chi connectivity index (χ4n) is 4.17. The zero-order chi connectivity index (χ0) is 26.2. The summed E-state index contributed by atoms with van der Waals surface area (Å²) in [4.78, 5) is 39.5. The number of alkyl halides is 3. The summed E-state index contributed by atoms with van der Waals surface area (Å²) in [6.07, 6.45) is -4.51. The van der Waals surface area contributed by atoms with Crippen molar-refractivity contribution in [2.24, 2.45) is 0 Å². The van der Waals surface area contributed by atoms with Gasteiger partial charge in [-0.1, -0.05) is 18.2 Å². The van der Waals surface area contributed by atoms with Crippen molar-refractivity contribution in [3.05, 3.63) is 60.2 Å². The molecule has 9 nitrogen and oxygen atoms in total. The Morgan fingerprint density at radius 3 is 2.54 bits per heavy atom. The summed E-state index contributed by atoms with van der Waals surface area (Å²) >= 11 is 0. The van der Waals surface area contributed by atoms with Crippen molar-refractivity contribution >= 4 is 35.1 Å². The fraction of sp³-hybridized carbons (Fsp3) is 0.280. The van der Waals surface area contributed by atoms with Gasteiger partial charge in [-0.3, -0.25) is 15.0 Å². The third-order valence-electron chi connectivity index (χ3n) is 6.17. The number of halogens is 3. The van der Waals surface area contributed by atoms with Gasteiger partial charge in [0.15, 0.2) is 5.82 Å². The first-order valence-corrected chi connectivity index (χ1v) is 11.5. The van der Waals surface area contributed by atoms with E-state index in [1.807, 2.05) is 11.0 Å². The number of rotatable bonds is 3. The molecule has 2 aliphatic heterocycles. The van der Waals surface area contributed by atoms with Gasteiger partial charge in [0.05, 0.1) is 30.2 Å². The number of likely N-dealkylation sites (N-methyl/N-ethyl adjacent to an activating group) is 1. The molecule has 0 atom stereocenters. The van der Waals surface area contributed by atoms with Crippen LogP contribution in [0.15, 0.2) is 54.6 Å². The molecule has 0 spiro atoms. The van der Waals surface area contributed by atoms with E-state index in [-0.39, 0.29) is 35.3 Å². The smallest absolute Gasteiger partial charge is 0.378 e. The van der Waals surface area contributed by atoms with Gasteiger partial charge < -0.3 is 14.5 Å². The van der Waals surface area contributed by atoms with Crippen molar-refractivity contribution in [3.63, 3.8) is 0 Å². The highest BCUT2D eigenvalue weighted by Gasteiger charge is 2.34. The second kappa shape index (κ2) is 9.69. The summed E-state index contributed by atoms with van der Waals surface area (Å²) in [6, 6.07) is 12.5. The van der Waals surface area contributed by atoms with Crippen LogP contribution in [0.3, 0.4) is 0 Å². The topological polar surface area (TPSA) is 90.9 Å². The molecule has 4 heterocycles. The number of carbonyl (C=O) groups excluding carboxylic acids is 2. The fourth-order valence-corrected chi connectivity index (χ4v) is 4.17. The summed E-state index contributed by atoms with van der Waals surface area (Å²) in [5.41, 5.74) is 0.0186. The Morgan fingerprint density at radius 2 is 1.78 bits per heavy atom. The number of urea groups is 1. The molecule has 3 amide bonds. The Balaban J connectivity index is 1.45. The second-order valence-corrected chi connectivity index (χ2v) is 8.57. The predicted octanol–water partition coefficient (Wildman–Crippen LogP) is 4.01. The van der Waals surface area contributed by atoms with Gasteiger partial charge in [-0.15, -0.1) is 0 Å². The molecule has 1 N–H and O–H groups in total. The third-order valence-corrected chi connectivity index (χ3v) is 6.17. The van der Waals surface area contributed by atoms with E-state index in [2.05, 4.69) is 15.3 Å². The number of benzene rings is 1. The van der Waals surface area contributed by atoms with E-state index >= 15 is 0 Å². The zero-order valence-electron chi connectivity index (χ0n) is 19.8. The van der Waals surface area contributed by atoms with Crippen molar-refractivity contribution in [2.75, 3.05) is 59.9 Å².